The van der Waals surface area contributed by atoms with E-state index in [0.717, 1.165) is 5.56 Å². The predicted octanol–water partition coefficient (Wildman–Crippen LogP) is 3.19. The highest BCUT2D eigenvalue weighted by Gasteiger charge is 2.13. The van der Waals surface area contributed by atoms with Crippen LogP contribution in [0.5, 0.6) is 0 Å². The fourth-order valence-corrected chi connectivity index (χ4v) is 2.17. The van der Waals surface area contributed by atoms with Gasteiger partial charge >= 0.3 is 0 Å². The van der Waals surface area contributed by atoms with Crippen molar-refractivity contribution in [3.8, 4) is 0 Å². The monoisotopic (exact) mass is 254 g/mol. The van der Waals surface area contributed by atoms with Crippen LogP contribution < -0.4 is 5.32 Å². The Kier molecular flexibility index (Phi) is 3.95. The van der Waals surface area contributed by atoms with E-state index in [1.165, 1.54) is 11.1 Å². The molecule has 0 aliphatic heterocycles. The number of nitrogens with zero attached hydrogens (tertiary/aromatic N) is 1. The first-order valence-corrected chi connectivity index (χ1v) is 6.36. The normalized spacial score (nSPS) is 11.9. The zero-order valence-electron chi connectivity index (χ0n) is 11.5. The molecule has 0 radical (unpaired) electrons. The third kappa shape index (κ3) is 3.19. The van der Waals surface area contributed by atoms with Crippen LogP contribution in [0.1, 0.15) is 40.0 Å². The lowest BCUT2D eigenvalue weighted by atomic mass is 10.00. The molecule has 3 nitrogen and oxygen atoms in total. The van der Waals surface area contributed by atoms with Gasteiger partial charge in [0.05, 0.1) is 11.6 Å². The van der Waals surface area contributed by atoms with Crippen molar-refractivity contribution in [2.45, 2.75) is 26.8 Å². The number of nitrogens with one attached hydrogen (secondary N) is 1. The van der Waals surface area contributed by atoms with Gasteiger partial charge in [-0.05, 0) is 44.0 Å². The first-order chi connectivity index (χ1) is 9.08. The molecule has 1 heterocycles. The Balaban J connectivity index is 2.13. The lowest BCUT2D eigenvalue weighted by Gasteiger charge is -2.17. The van der Waals surface area contributed by atoms with Crippen LogP contribution in [-0.4, -0.2) is 10.9 Å². The number of carbonyl (C=O) groups is 1. The highest BCUT2D eigenvalue weighted by Crippen LogP contribution is 2.18. The summed E-state index contributed by atoms with van der Waals surface area (Å²) in [6, 6.07) is 9.76. The molecule has 0 bridgehead atoms. The van der Waals surface area contributed by atoms with Gasteiger partial charge in [0.1, 0.15) is 0 Å². The minimum atomic E-state index is -0.0967. The molecule has 2 rings (SSSR count). The van der Waals surface area contributed by atoms with Crippen molar-refractivity contribution in [2.24, 2.45) is 0 Å². The number of aromatic nitrogens is 1. The number of pyridine rings is 1. The van der Waals surface area contributed by atoms with Crippen LogP contribution in [0.15, 0.2) is 42.7 Å². The minimum absolute atomic E-state index is 0.0201. The van der Waals surface area contributed by atoms with Crippen molar-refractivity contribution >= 4 is 5.91 Å². The van der Waals surface area contributed by atoms with Gasteiger partial charge in [0.25, 0.3) is 5.91 Å². The van der Waals surface area contributed by atoms with Crippen LogP contribution in [0.2, 0.25) is 0 Å². The van der Waals surface area contributed by atoms with E-state index in [4.69, 9.17) is 0 Å². The predicted molar refractivity (Wildman–Crippen MR) is 76.0 cm³/mol. The van der Waals surface area contributed by atoms with Gasteiger partial charge in [-0.3, -0.25) is 9.78 Å². The Bertz CT molecular complexity index is 579. The van der Waals surface area contributed by atoms with Crippen molar-refractivity contribution in [1.82, 2.24) is 10.3 Å². The lowest BCUT2D eigenvalue weighted by molar-refractivity contribution is 0.0939. The molecule has 0 unspecified atom stereocenters. The Labute approximate surface area is 113 Å². The maximum atomic E-state index is 12.1. The average Bonchev–Trinajstić information content (AvgIpc) is 2.39. The van der Waals surface area contributed by atoms with Crippen molar-refractivity contribution in [1.29, 1.82) is 0 Å². The molecule has 0 fully saturated rings. The summed E-state index contributed by atoms with van der Waals surface area (Å²) in [6.45, 7) is 6.12. The first kappa shape index (κ1) is 13.3. The standard InChI is InChI=1S/C16H18N2O/c1-11-6-7-15(12(2)9-11)13(3)18-16(19)14-5-4-8-17-10-14/h4-10,13H,1-3H3,(H,18,19)/t13-/m0/s1. The summed E-state index contributed by atoms with van der Waals surface area (Å²) in [6.07, 6.45) is 3.23. The number of rotatable bonds is 3. The third-order valence-corrected chi connectivity index (χ3v) is 3.16. The maximum absolute atomic E-state index is 12.1. The smallest absolute Gasteiger partial charge is 0.253 e. The van der Waals surface area contributed by atoms with Crippen LogP contribution in [0.4, 0.5) is 0 Å². The number of carbonyl (C=O) groups excluding carboxylic acids is 1. The van der Waals surface area contributed by atoms with E-state index in [2.05, 4.69) is 42.3 Å². The largest absolute Gasteiger partial charge is 0.345 e. The van der Waals surface area contributed by atoms with E-state index in [1.807, 2.05) is 6.92 Å². The van der Waals surface area contributed by atoms with Crippen LogP contribution in [0.25, 0.3) is 0 Å². The Morgan fingerprint density at radius 3 is 2.68 bits per heavy atom. The summed E-state index contributed by atoms with van der Waals surface area (Å²) in [5.74, 6) is -0.0967. The topological polar surface area (TPSA) is 42.0 Å². The molecule has 0 saturated heterocycles. The van der Waals surface area contributed by atoms with Gasteiger partial charge in [0, 0.05) is 12.4 Å². The van der Waals surface area contributed by atoms with Crippen LogP contribution >= 0.6 is 0 Å². The lowest BCUT2D eigenvalue weighted by Crippen LogP contribution is -2.27. The van der Waals surface area contributed by atoms with Gasteiger partial charge in [-0.15, -0.1) is 0 Å². The summed E-state index contributed by atoms with van der Waals surface area (Å²) >= 11 is 0. The Morgan fingerprint density at radius 1 is 1.26 bits per heavy atom. The van der Waals surface area contributed by atoms with E-state index in [-0.39, 0.29) is 11.9 Å². The van der Waals surface area contributed by atoms with E-state index in [9.17, 15) is 4.79 Å². The van der Waals surface area contributed by atoms with Gasteiger partial charge in [-0.25, -0.2) is 0 Å². The summed E-state index contributed by atoms with van der Waals surface area (Å²) in [7, 11) is 0. The molecule has 1 aromatic heterocycles. The SMILES string of the molecule is Cc1ccc([C@H](C)NC(=O)c2cccnc2)c(C)c1. The van der Waals surface area contributed by atoms with Crippen LogP contribution in [-0.2, 0) is 0 Å². The Hall–Kier alpha value is -2.16. The molecular formula is C16H18N2O. The highest BCUT2D eigenvalue weighted by molar-refractivity contribution is 5.94. The second-order valence-electron chi connectivity index (χ2n) is 4.80. The second kappa shape index (κ2) is 5.65. The fraction of sp³-hybridized carbons (Fsp3) is 0.250. The highest BCUT2D eigenvalue weighted by atomic mass is 16.1. The molecule has 2 aromatic rings. The van der Waals surface area contributed by atoms with E-state index in [0.29, 0.717) is 5.56 Å². The maximum Gasteiger partial charge on any atom is 0.253 e. The van der Waals surface area contributed by atoms with Gasteiger partial charge in [0.15, 0.2) is 0 Å². The van der Waals surface area contributed by atoms with Crippen molar-refractivity contribution in [3.63, 3.8) is 0 Å². The molecule has 1 atom stereocenters. The third-order valence-electron chi connectivity index (χ3n) is 3.16. The van der Waals surface area contributed by atoms with Crippen molar-refractivity contribution in [2.75, 3.05) is 0 Å². The van der Waals surface area contributed by atoms with Crippen LogP contribution in [0, 0.1) is 13.8 Å². The fourth-order valence-electron chi connectivity index (χ4n) is 2.17. The number of hydrogen-bond acceptors (Lipinski definition) is 2. The molecular weight excluding hydrogens is 236 g/mol. The van der Waals surface area contributed by atoms with Gasteiger partial charge < -0.3 is 5.32 Å². The number of aryl methyl sites for hydroxylation is 2. The van der Waals surface area contributed by atoms with Gasteiger partial charge in [0.2, 0.25) is 0 Å². The molecule has 0 saturated carbocycles. The molecule has 1 amide bonds. The zero-order chi connectivity index (χ0) is 13.8. The van der Waals surface area contributed by atoms with Crippen LogP contribution in [0.3, 0.4) is 0 Å². The number of benzene rings is 1. The summed E-state index contributed by atoms with van der Waals surface area (Å²) in [5.41, 5.74) is 4.15. The molecule has 98 valence electrons. The number of amides is 1. The first-order valence-electron chi connectivity index (χ1n) is 6.36. The van der Waals surface area contributed by atoms with Crippen molar-refractivity contribution < 1.29 is 4.79 Å². The molecule has 1 N–H and O–H groups in total. The second-order valence-corrected chi connectivity index (χ2v) is 4.80. The molecule has 0 aliphatic carbocycles. The van der Waals surface area contributed by atoms with Gasteiger partial charge in [-0.1, -0.05) is 23.8 Å². The van der Waals surface area contributed by atoms with Crippen molar-refractivity contribution in [3.05, 3.63) is 65.0 Å². The van der Waals surface area contributed by atoms with E-state index in [1.54, 1.807) is 24.5 Å². The molecule has 0 spiro atoms. The molecule has 1 aromatic carbocycles. The van der Waals surface area contributed by atoms with E-state index < -0.39 is 0 Å². The number of hydrogen-bond donors (Lipinski definition) is 1. The van der Waals surface area contributed by atoms with E-state index >= 15 is 0 Å². The zero-order valence-corrected chi connectivity index (χ0v) is 11.5. The quantitative estimate of drug-likeness (QED) is 0.914. The average molecular weight is 254 g/mol. The molecule has 3 heteroatoms. The van der Waals surface area contributed by atoms with Gasteiger partial charge in [-0.2, -0.15) is 0 Å². The summed E-state index contributed by atoms with van der Waals surface area (Å²) in [5, 5.41) is 2.99. The molecule has 0 aliphatic rings. The molecule has 19 heavy (non-hydrogen) atoms. The summed E-state index contributed by atoms with van der Waals surface area (Å²) < 4.78 is 0. The minimum Gasteiger partial charge on any atom is -0.345 e. The Morgan fingerprint density at radius 2 is 2.05 bits per heavy atom. The summed E-state index contributed by atoms with van der Waals surface area (Å²) in [4.78, 5) is 16.0.